The predicted molar refractivity (Wildman–Crippen MR) is 298 cm³/mol. The quantitative estimate of drug-likeness (QED) is 0.140. The summed E-state index contributed by atoms with van der Waals surface area (Å²) in [5.41, 5.74) is 19.5. The van der Waals surface area contributed by atoms with E-state index in [0.717, 1.165) is 36.3 Å². The summed E-state index contributed by atoms with van der Waals surface area (Å²) >= 11 is 0. The minimum atomic E-state index is 0.276. The van der Waals surface area contributed by atoms with Crippen LogP contribution in [0.1, 0.15) is 35.6 Å². The molecule has 2 nitrogen and oxygen atoms in total. The third-order valence-corrected chi connectivity index (χ3v) is 14.5. The zero-order chi connectivity index (χ0) is 46.4. The largest absolute Gasteiger partial charge is 0.312 e. The lowest BCUT2D eigenvalue weighted by atomic mass is 9.89. The Bertz CT molecular complexity index is 3830. The number of fused-ring (bicyclic) bond motifs is 6. The van der Waals surface area contributed by atoms with Gasteiger partial charge in [0, 0.05) is 50.7 Å². The van der Waals surface area contributed by atoms with Crippen molar-refractivity contribution in [3.05, 3.63) is 272 Å². The molecule has 0 radical (unpaired) electrons. The molecule has 0 saturated heterocycles. The molecule has 1 heterocycles. The fraction of sp³-hybridized carbons (Fsp3) is 0.0588. The lowest BCUT2D eigenvalue weighted by Crippen LogP contribution is -2.11. The van der Waals surface area contributed by atoms with Crippen molar-refractivity contribution in [2.75, 3.05) is 4.90 Å². The molecule has 0 bridgehead atoms. The molecule has 10 aromatic carbocycles. The fourth-order valence-electron chi connectivity index (χ4n) is 11.2. The van der Waals surface area contributed by atoms with Crippen LogP contribution in [0.15, 0.2) is 255 Å². The van der Waals surface area contributed by atoms with Gasteiger partial charge in [-0.2, -0.15) is 0 Å². The molecule has 13 rings (SSSR count). The molecule has 70 heavy (non-hydrogen) atoms. The Kier molecular flexibility index (Phi) is 10.5. The van der Waals surface area contributed by atoms with E-state index < -0.39 is 0 Å². The Balaban J connectivity index is 0.978. The first-order valence-corrected chi connectivity index (χ1v) is 24.7. The second-order valence-electron chi connectivity index (χ2n) is 18.7. The number of rotatable bonds is 9. The number of anilines is 3. The Morgan fingerprint density at radius 2 is 1.09 bits per heavy atom. The van der Waals surface area contributed by atoms with Gasteiger partial charge in [0.2, 0.25) is 0 Å². The van der Waals surface area contributed by atoms with Crippen LogP contribution in [0.4, 0.5) is 17.1 Å². The summed E-state index contributed by atoms with van der Waals surface area (Å²) in [5.74, 6) is 0.276. The summed E-state index contributed by atoms with van der Waals surface area (Å²) in [5, 5.41) is 6.34. The SMILES string of the molecule is C1=CCC(c2cc(-c3ccccc3)cc(N(c3ccc(-c4ccc(-c5cccc6ccccc56)cc4)cc3)c3cccc(-c4cc5ccccc5c5c4c4c(n5-c5ccccc5)CCC=C4)c3)c2)C=C1. The summed E-state index contributed by atoms with van der Waals surface area (Å²) in [6.07, 6.45) is 16.7. The molecular formula is C68H50N2. The van der Waals surface area contributed by atoms with Gasteiger partial charge in [-0.25, -0.2) is 0 Å². The molecule has 0 aliphatic heterocycles. The van der Waals surface area contributed by atoms with E-state index in [1.807, 2.05) is 0 Å². The van der Waals surface area contributed by atoms with Crippen LogP contribution in [0, 0.1) is 0 Å². The van der Waals surface area contributed by atoms with Crippen LogP contribution in [-0.4, -0.2) is 4.57 Å². The van der Waals surface area contributed by atoms with Crippen molar-refractivity contribution in [1.29, 1.82) is 0 Å². The Hall–Kier alpha value is -8.72. The molecule has 2 aliphatic rings. The Labute approximate surface area is 410 Å². The summed E-state index contributed by atoms with van der Waals surface area (Å²) in [4.78, 5) is 2.47. The molecule has 0 amide bonds. The smallest absolute Gasteiger partial charge is 0.0622 e. The highest BCUT2D eigenvalue weighted by molar-refractivity contribution is 6.17. The van der Waals surface area contributed by atoms with Crippen LogP contribution in [0.5, 0.6) is 0 Å². The molecule has 0 saturated carbocycles. The first-order chi connectivity index (χ1) is 34.7. The van der Waals surface area contributed by atoms with E-state index in [2.05, 4.69) is 270 Å². The minimum Gasteiger partial charge on any atom is -0.312 e. The van der Waals surface area contributed by atoms with Crippen LogP contribution >= 0.6 is 0 Å². The van der Waals surface area contributed by atoms with Gasteiger partial charge in [-0.15, -0.1) is 0 Å². The summed E-state index contributed by atoms with van der Waals surface area (Å²) in [6.45, 7) is 0. The van der Waals surface area contributed by atoms with Gasteiger partial charge < -0.3 is 9.47 Å². The fourth-order valence-corrected chi connectivity index (χ4v) is 11.2. The van der Waals surface area contributed by atoms with Crippen molar-refractivity contribution < 1.29 is 0 Å². The van der Waals surface area contributed by atoms with E-state index in [0.29, 0.717) is 0 Å². The van der Waals surface area contributed by atoms with Crippen molar-refractivity contribution in [1.82, 2.24) is 4.57 Å². The highest BCUT2D eigenvalue weighted by atomic mass is 15.1. The van der Waals surface area contributed by atoms with Gasteiger partial charge >= 0.3 is 0 Å². The molecule has 1 unspecified atom stereocenters. The maximum Gasteiger partial charge on any atom is 0.0622 e. The van der Waals surface area contributed by atoms with E-state index in [4.69, 9.17) is 0 Å². The molecule has 1 aromatic heterocycles. The average Bonchev–Trinajstić information content (AvgIpc) is 3.79. The van der Waals surface area contributed by atoms with Gasteiger partial charge in [-0.3, -0.25) is 0 Å². The number of hydrogen-bond donors (Lipinski definition) is 0. The number of nitrogens with zero attached hydrogens (tertiary/aromatic N) is 2. The van der Waals surface area contributed by atoms with Crippen LogP contribution in [-0.2, 0) is 6.42 Å². The molecule has 0 spiro atoms. The second kappa shape index (κ2) is 17.7. The van der Waals surface area contributed by atoms with Gasteiger partial charge in [0.05, 0.1) is 5.52 Å². The van der Waals surface area contributed by atoms with E-state index >= 15 is 0 Å². The highest BCUT2D eigenvalue weighted by Gasteiger charge is 2.25. The number of aromatic nitrogens is 1. The van der Waals surface area contributed by atoms with Crippen LogP contribution in [0.25, 0.3) is 88.7 Å². The van der Waals surface area contributed by atoms with Crippen molar-refractivity contribution in [2.24, 2.45) is 0 Å². The first kappa shape index (κ1) is 41.5. The molecule has 1 atom stereocenters. The van der Waals surface area contributed by atoms with Crippen molar-refractivity contribution in [3.63, 3.8) is 0 Å². The van der Waals surface area contributed by atoms with E-state index in [1.54, 1.807) is 0 Å². The molecule has 2 heteroatoms. The molecule has 0 N–H and O–H groups in total. The molecule has 11 aromatic rings. The maximum absolute atomic E-state index is 2.54. The number of hydrogen-bond acceptors (Lipinski definition) is 1. The van der Waals surface area contributed by atoms with Crippen LogP contribution in [0.3, 0.4) is 0 Å². The normalized spacial score (nSPS) is 14.1. The lowest BCUT2D eigenvalue weighted by molar-refractivity contribution is 0.854. The Morgan fingerprint density at radius 3 is 1.89 bits per heavy atom. The number of allylic oxidation sites excluding steroid dienone is 5. The number of benzene rings is 10. The number of para-hydroxylation sites is 1. The van der Waals surface area contributed by atoms with Crippen LogP contribution < -0.4 is 4.90 Å². The van der Waals surface area contributed by atoms with Crippen molar-refractivity contribution in [3.8, 4) is 50.2 Å². The predicted octanol–water partition coefficient (Wildman–Crippen LogP) is 18.6. The van der Waals surface area contributed by atoms with Gasteiger partial charge in [-0.05, 0) is 140 Å². The van der Waals surface area contributed by atoms with Crippen LogP contribution in [0.2, 0.25) is 0 Å². The average molecular weight is 895 g/mol. The van der Waals surface area contributed by atoms with E-state index in [9.17, 15) is 0 Å². The lowest BCUT2D eigenvalue weighted by Gasteiger charge is -2.28. The monoisotopic (exact) mass is 894 g/mol. The standard InChI is InChI=1S/C68H50N2/c1-4-18-47(19-5-1)55-42-56(48-20-6-2-7-21-48)45-60(44-55)69(58-40-38-50(39-41-58)49-34-36-52(37-35-49)62-32-17-24-51-22-10-12-29-61(51)62)59-28-16-25-53(43-59)65-46-54-23-11-13-30-63(54)68-67(65)64-31-14-15-33-66(64)70(68)57-26-8-3-9-27-57/h1-14,16-20,22-32,34-46,48H,15,21,33H2. The summed E-state index contributed by atoms with van der Waals surface area (Å²) in [6, 6.07) is 83.0. The Morgan fingerprint density at radius 1 is 0.429 bits per heavy atom. The van der Waals surface area contributed by atoms with Gasteiger partial charge in [0.25, 0.3) is 0 Å². The highest BCUT2D eigenvalue weighted by Crippen LogP contribution is 2.46. The second-order valence-corrected chi connectivity index (χ2v) is 18.7. The topological polar surface area (TPSA) is 8.17 Å². The van der Waals surface area contributed by atoms with Gasteiger partial charge in [0.1, 0.15) is 0 Å². The van der Waals surface area contributed by atoms with Gasteiger partial charge in [0.15, 0.2) is 0 Å². The van der Waals surface area contributed by atoms with Gasteiger partial charge in [-0.1, -0.05) is 206 Å². The minimum absolute atomic E-state index is 0.276. The summed E-state index contributed by atoms with van der Waals surface area (Å²) < 4.78 is 2.54. The molecule has 0 fully saturated rings. The first-order valence-electron chi connectivity index (χ1n) is 24.7. The van der Waals surface area contributed by atoms with Crippen molar-refractivity contribution >= 4 is 55.6 Å². The van der Waals surface area contributed by atoms with E-state index in [1.165, 1.54) is 99.5 Å². The summed E-state index contributed by atoms with van der Waals surface area (Å²) in [7, 11) is 0. The maximum atomic E-state index is 2.54. The molecule has 332 valence electrons. The third kappa shape index (κ3) is 7.46. The zero-order valence-electron chi connectivity index (χ0n) is 38.9. The zero-order valence-corrected chi connectivity index (χ0v) is 38.9. The molecular weight excluding hydrogens is 845 g/mol. The van der Waals surface area contributed by atoms with E-state index in [-0.39, 0.29) is 5.92 Å². The molecule has 2 aliphatic carbocycles. The third-order valence-electron chi connectivity index (χ3n) is 14.5. The van der Waals surface area contributed by atoms with Crippen molar-refractivity contribution in [2.45, 2.75) is 25.2 Å².